The average Bonchev–Trinajstić information content (AvgIpc) is 3.07. The fourth-order valence-electron chi connectivity index (χ4n) is 2.62. The van der Waals surface area contributed by atoms with Crippen LogP contribution in [0, 0.1) is 5.92 Å². The van der Waals surface area contributed by atoms with Gasteiger partial charge in [0.05, 0.1) is 0 Å². The molecule has 0 aromatic carbocycles. The molecule has 2 N–H and O–H groups in total. The molecule has 0 aliphatic heterocycles. The molecule has 19 heavy (non-hydrogen) atoms. The predicted molar refractivity (Wildman–Crippen MR) is 71.2 cm³/mol. The standard InChI is InChI=1S/C14H18N4O/c1-9-2-4-11(6-9)13-17-14(19-18-13)12-5-3-10(7-15)8-16-12/h3,5,8-9,11H,2,4,6-7,15H2,1H3. The van der Waals surface area contributed by atoms with Crippen molar-refractivity contribution >= 4 is 0 Å². The first-order valence-corrected chi connectivity index (χ1v) is 6.75. The lowest BCUT2D eigenvalue weighted by atomic mass is 10.1. The van der Waals surface area contributed by atoms with Crippen LogP contribution in [-0.2, 0) is 6.54 Å². The Labute approximate surface area is 112 Å². The first kappa shape index (κ1) is 12.3. The van der Waals surface area contributed by atoms with Crippen LogP contribution in [0.2, 0.25) is 0 Å². The van der Waals surface area contributed by atoms with Gasteiger partial charge in [-0.2, -0.15) is 4.98 Å². The maximum atomic E-state index is 5.55. The monoisotopic (exact) mass is 258 g/mol. The van der Waals surface area contributed by atoms with Crippen molar-refractivity contribution in [2.45, 2.75) is 38.6 Å². The third kappa shape index (κ3) is 2.51. The first-order valence-electron chi connectivity index (χ1n) is 6.75. The van der Waals surface area contributed by atoms with E-state index in [1.165, 1.54) is 6.42 Å². The van der Waals surface area contributed by atoms with E-state index < -0.39 is 0 Å². The quantitative estimate of drug-likeness (QED) is 0.915. The highest BCUT2D eigenvalue weighted by atomic mass is 16.5. The third-order valence-corrected chi connectivity index (χ3v) is 3.78. The summed E-state index contributed by atoms with van der Waals surface area (Å²) in [7, 11) is 0. The molecule has 0 bridgehead atoms. The van der Waals surface area contributed by atoms with Gasteiger partial charge < -0.3 is 10.3 Å². The van der Waals surface area contributed by atoms with Crippen LogP contribution in [0.5, 0.6) is 0 Å². The summed E-state index contributed by atoms with van der Waals surface area (Å²) in [6.45, 7) is 2.76. The molecule has 1 aliphatic carbocycles. The van der Waals surface area contributed by atoms with Crippen molar-refractivity contribution in [2.75, 3.05) is 0 Å². The van der Waals surface area contributed by atoms with E-state index in [2.05, 4.69) is 22.0 Å². The van der Waals surface area contributed by atoms with Crippen LogP contribution in [-0.4, -0.2) is 15.1 Å². The molecule has 5 heteroatoms. The molecular weight excluding hydrogens is 240 g/mol. The summed E-state index contributed by atoms with van der Waals surface area (Å²) in [4.78, 5) is 8.78. The van der Waals surface area contributed by atoms with Crippen molar-refractivity contribution in [3.8, 4) is 11.6 Å². The molecule has 2 aromatic rings. The summed E-state index contributed by atoms with van der Waals surface area (Å²) >= 11 is 0. The van der Waals surface area contributed by atoms with E-state index in [1.807, 2.05) is 12.1 Å². The van der Waals surface area contributed by atoms with E-state index in [0.29, 0.717) is 24.0 Å². The van der Waals surface area contributed by atoms with E-state index in [1.54, 1.807) is 6.20 Å². The Kier molecular flexibility index (Phi) is 3.29. The largest absolute Gasteiger partial charge is 0.332 e. The SMILES string of the molecule is CC1CCC(c2noc(-c3ccc(CN)cn3)n2)C1. The van der Waals surface area contributed by atoms with Gasteiger partial charge in [0.25, 0.3) is 5.89 Å². The van der Waals surface area contributed by atoms with Crippen LogP contribution in [0.3, 0.4) is 0 Å². The Bertz CT molecular complexity index is 549. The number of pyridine rings is 1. The second kappa shape index (κ2) is 5.09. The van der Waals surface area contributed by atoms with Gasteiger partial charge in [-0.1, -0.05) is 18.1 Å². The summed E-state index contributed by atoms with van der Waals surface area (Å²) in [6, 6.07) is 3.81. The molecule has 0 saturated heterocycles. The van der Waals surface area contributed by atoms with Gasteiger partial charge in [-0.25, -0.2) is 0 Å². The lowest BCUT2D eigenvalue weighted by molar-refractivity contribution is 0.413. The van der Waals surface area contributed by atoms with Crippen molar-refractivity contribution in [3.63, 3.8) is 0 Å². The summed E-state index contributed by atoms with van der Waals surface area (Å²) in [6.07, 6.45) is 5.30. The lowest BCUT2D eigenvalue weighted by Gasteiger charge is -2.01. The summed E-state index contributed by atoms with van der Waals surface area (Å²) in [5.41, 5.74) is 7.25. The van der Waals surface area contributed by atoms with Crippen molar-refractivity contribution in [1.82, 2.24) is 15.1 Å². The number of hydrogen-bond donors (Lipinski definition) is 1. The maximum Gasteiger partial charge on any atom is 0.276 e. The highest BCUT2D eigenvalue weighted by Crippen LogP contribution is 2.36. The van der Waals surface area contributed by atoms with E-state index in [-0.39, 0.29) is 0 Å². The number of rotatable bonds is 3. The molecule has 5 nitrogen and oxygen atoms in total. The molecule has 1 fully saturated rings. The zero-order valence-electron chi connectivity index (χ0n) is 11.0. The molecule has 2 heterocycles. The van der Waals surface area contributed by atoms with Crippen LogP contribution >= 0.6 is 0 Å². The molecule has 1 aliphatic rings. The Morgan fingerprint density at radius 3 is 2.89 bits per heavy atom. The normalized spacial score (nSPS) is 22.8. The highest BCUT2D eigenvalue weighted by Gasteiger charge is 2.27. The number of nitrogens with two attached hydrogens (primary N) is 1. The van der Waals surface area contributed by atoms with Crippen LogP contribution in [0.25, 0.3) is 11.6 Å². The molecule has 3 rings (SSSR count). The minimum atomic E-state index is 0.441. The van der Waals surface area contributed by atoms with Crippen molar-refractivity contribution in [3.05, 3.63) is 29.7 Å². The van der Waals surface area contributed by atoms with Crippen molar-refractivity contribution in [2.24, 2.45) is 11.7 Å². The molecule has 2 unspecified atom stereocenters. The lowest BCUT2D eigenvalue weighted by Crippen LogP contribution is -1.97. The minimum absolute atomic E-state index is 0.441. The summed E-state index contributed by atoms with van der Waals surface area (Å²) in [5.74, 6) is 2.52. The Morgan fingerprint density at radius 1 is 1.37 bits per heavy atom. The van der Waals surface area contributed by atoms with Crippen LogP contribution in [0.1, 0.15) is 43.5 Å². The van der Waals surface area contributed by atoms with E-state index >= 15 is 0 Å². The number of hydrogen-bond acceptors (Lipinski definition) is 5. The predicted octanol–water partition coefficient (Wildman–Crippen LogP) is 2.49. The smallest absolute Gasteiger partial charge is 0.276 e. The van der Waals surface area contributed by atoms with Gasteiger partial charge in [-0.3, -0.25) is 4.98 Å². The van der Waals surface area contributed by atoms with Gasteiger partial charge in [0.2, 0.25) is 0 Å². The van der Waals surface area contributed by atoms with E-state index in [0.717, 1.165) is 30.1 Å². The maximum absolute atomic E-state index is 5.55. The molecule has 0 radical (unpaired) electrons. The number of nitrogens with zero attached hydrogens (tertiary/aromatic N) is 3. The van der Waals surface area contributed by atoms with E-state index in [4.69, 9.17) is 10.3 Å². The fourth-order valence-corrected chi connectivity index (χ4v) is 2.62. The Hall–Kier alpha value is -1.75. The molecular formula is C14H18N4O. The van der Waals surface area contributed by atoms with Crippen LogP contribution < -0.4 is 5.73 Å². The van der Waals surface area contributed by atoms with Gasteiger partial charge in [-0.05, 0) is 36.8 Å². The molecule has 1 saturated carbocycles. The summed E-state index contributed by atoms with van der Waals surface area (Å²) < 4.78 is 5.32. The molecule has 0 amide bonds. The third-order valence-electron chi connectivity index (χ3n) is 3.78. The molecule has 2 aromatic heterocycles. The zero-order chi connectivity index (χ0) is 13.2. The minimum Gasteiger partial charge on any atom is -0.332 e. The molecule has 100 valence electrons. The molecule has 2 atom stereocenters. The highest BCUT2D eigenvalue weighted by molar-refractivity contribution is 5.46. The zero-order valence-corrected chi connectivity index (χ0v) is 11.0. The number of aromatic nitrogens is 3. The van der Waals surface area contributed by atoms with E-state index in [9.17, 15) is 0 Å². The fraction of sp³-hybridized carbons (Fsp3) is 0.500. The second-order valence-electron chi connectivity index (χ2n) is 5.33. The van der Waals surface area contributed by atoms with Gasteiger partial charge in [0.15, 0.2) is 5.82 Å². The van der Waals surface area contributed by atoms with Gasteiger partial charge >= 0.3 is 0 Å². The van der Waals surface area contributed by atoms with Crippen LogP contribution in [0.15, 0.2) is 22.9 Å². The Balaban J connectivity index is 1.80. The van der Waals surface area contributed by atoms with Gasteiger partial charge in [0.1, 0.15) is 5.69 Å². The average molecular weight is 258 g/mol. The summed E-state index contributed by atoms with van der Waals surface area (Å²) in [5, 5.41) is 4.10. The van der Waals surface area contributed by atoms with Crippen LogP contribution in [0.4, 0.5) is 0 Å². The van der Waals surface area contributed by atoms with Gasteiger partial charge in [-0.15, -0.1) is 0 Å². The topological polar surface area (TPSA) is 77.8 Å². The van der Waals surface area contributed by atoms with Crippen molar-refractivity contribution < 1.29 is 4.52 Å². The van der Waals surface area contributed by atoms with Crippen molar-refractivity contribution in [1.29, 1.82) is 0 Å². The first-order chi connectivity index (χ1) is 9.26. The van der Waals surface area contributed by atoms with Gasteiger partial charge in [0, 0.05) is 18.7 Å². The second-order valence-corrected chi connectivity index (χ2v) is 5.33. The Morgan fingerprint density at radius 2 is 2.26 bits per heavy atom. The molecule has 0 spiro atoms.